The summed E-state index contributed by atoms with van der Waals surface area (Å²) < 4.78 is 22.4. The number of hydrogen-bond acceptors (Lipinski definition) is 12. The molecule has 4 aromatic rings. The topological polar surface area (TPSA) is 201 Å². The van der Waals surface area contributed by atoms with Gasteiger partial charge in [0, 0.05) is 57.6 Å². The Bertz CT molecular complexity index is 2870. The van der Waals surface area contributed by atoms with Gasteiger partial charge in [-0.1, -0.05) is 79.2 Å². The van der Waals surface area contributed by atoms with Crippen molar-refractivity contribution < 1.29 is 57.3 Å². The lowest BCUT2D eigenvalue weighted by molar-refractivity contribution is -0.128. The van der Waals surface area contributed by atoms with Crippen LogP contribution in [-0.2, 0) is 53.1 Å². The maximum atomic E-state index is 13.4. The Kier molecular flexibility index (Phi) is 18.6. The number of carbonyl (C=O) groups excluding carboxylic acids is 8. The van der Waals surface area contributed by atoms with Gasteiger partial charge in [0.15, 0.2) is 5.78 Å². The maximum absolute atomic E-state index is 13.4. The minimum absolute atomic E-state index is 0.000328. The van der Waals surface area contributed by atoms with Crippen LogP contribution in [-0.4, -0.2) is 117 Å². The number of ether oxygens (including phenoxy) is 4. The highest BCUT2D eigenvalue weighted by Gasteiger charge is 2.45. The minimum Gasteiger partial charge on any atom is -0.379 e. The van der Waals surface area contributed by atoms with Crippen LogP contribution < -0.4 is 10.6 Å². The molecule has 15 nitrogen and oxygen atoms in total. The third-order valence-corrected chi connectivity index (χ3v) is 15.9. The number of rotatable bonds is 27. The first-order valence-corrected chi connectivity index (χ1v) is 27.5. The third kappa shape index (κ3) is 13.3. The second kappa shape index (κ2) is 26.0. The van der Waals surface area contributed by atoms with E-state index in [-0.39, 0.29) is 90.1 Å². The van der Waals surface area contributed by atoms with E-state index in [9.17, 15) is 38.4 Å². The fraction of sp³-hybridized carbons (Fsp3) is 0.452. The van der Waals surface area contributed by atoms with E-state index in [2.05, 4.69) is 83.4 Å². The first-order valence-electron chi connectivity index (χ1n) is 27.5. The van der Waals surface area contributed by atoms with Crippen LogP contribution in [0.5, 0.6) is 0 Å². The predicted octanol–water partition coefficient (Wildman–Crippen LogP) is 8.94. The fourth-order valence-corrected chi connectivity index (χ4v) is 11.6. The maximum Gasteiger partial charge on any atom is 0.264 e. The van der Waals surface area contributed by atoms with Crippen molar-refractivity contribution in [2.45, 2.75) is 114 Å². The summed E-state index contributed by atoms with van der Waals surface area (Å²) >= 11 is 0. The van der Waals surface area contributed by atoms with Crippen LogP contribution in [0.15, 0.2) is 91.0 Å². The first kappa shape index (κ1) is 55.0. The van der Waals surface area contributed by atoms with Crippen molar-refractivity contribution in [1.29, 1.82) is 0 Å². The zero-order valence-corrected chi connectivity index (χ0v) is 43.8. The number of ketones is 4. The molecule has 4 aliphatic carbocycles. The molecule has 3 saturated carbocycles. The summed E-state index contributed by atoms with van der Waals surface area (Å²) in [5, 5.41) is 5.67. The molecule has 77 heavy (non-hydrogen) atoms. The van der Waals surface area contributed by atoms with Gasteiger partial charge in [0.05, 0.1) is 75.5 Å². The number of amides is 4. The van der Waals surface area contributed by atoms with Crippen LogP contribution in [0.1, 0.15) is 140 Å². The van der Waals surface area contributed by atoms with Gasteiger partial charge in [-0.15, -0.1) is 0 Å². The number of carbonyl (C=O) groups is 8. The van der Waals surface area contributed by atoms with Gasteiger partial charge in [-0.25, -0.2) is 0 Å². The van der Waals surface area contributed by atoms with Crippen molar-refractivity contribution in [3.63, 3.8) is 0 Å². The van der Waals surface area contributed by atoms with Gasteiger partial charge < -0.3 is 29.6 Å². The molecule has 1 aliphatic heterocycles. The van der Waals surface area contributed by atoms with E-state index in [1.807, 2.05) is 6.07 Å². The van der Waals surface area contributed by atoms with Gasteiger partial charge in [0.1, 0.15) is 17.3 Å². The Morgan fingerprint density at radius 2 is 1.32 bits per heavy atom. The van der Waals surface area contributed by atoms with Gasteiger partial charge in [-0.05, 0) is 119 Å². The summed E-state index contributed by atoms with van der Waals surface area (Å²) in [6.45, 7) is 3.45. The molecule has 4 amide bonds. The summed E-state index contributed by atoms with van der Waals surface area (Å²) in [5.74, 6) is -1.99. The first-order chi connectivity index (χ1) is 37.5. The van der Waals surface area contributed by atoms with Crippen molar-refractivity contribution in [3.05, 3.63) is 119 Å². The molecule has 2 N–H and O–H groups in total. The van der Waals surface area contributed by atoms with Crippen LogP contribution in [0.3, 0.4) is 0 Å². The Hall–Kier alpha value is -6.78. The minimum atomic E-state index is -1.02. The molecule has 5 aliphatic rings. The molecule has 9 rings (SSSR count). The number of allylic oxidation sites excluding steroid dienone is 1. The monoisotopic (exact) mass is 1050 g/mol. The highest BCUT2D eigenvalue weighted by molar-refractivity contribution is 6.26. The molecule has 404 valence electrons. The average molecular weight is 1050 g/mol. The number of benzene rings is 4. The van der Waals surface area contributed by atoms with Crippen molar-refractivity contribution in [2.75, 3.05) is 64.7 Å². The number of Topliss-reactive ketones (excluding diaryl/α,β-unsaturated/α-hetero) is 4. The lowest BCUT2D eigenvalue weighted by Crippen LogP contribution is -2.44. The number of fused-ring (bicyclic) bond motifs is 4. The molecular weight excluding hydrogens is 979 g/mol. The van der Waals surface area contributed by atoms with Crippen LogP contribution >= 0.6 is 0 Å². The van der Waals surface area contributed by atoms with Gasteiger partial charge in [-0.2, -0.15) is 0 Å². The molecular formula is C62H69N3O12. The van der Waals surface area contributed by atoms with E-state index in [0.717, 1.165) is 48.1 Å². The lowest BCUT2D eigenvalue weighted by atomic mass is 9.62. The van der Waals surface area contributed by atoms with Crippen LogP contribution in [0.25, 0.3) is 28.3 Å². The molecule has 15 heteroatoms. The molecule has 0 saturated heterocycles. The number of anilines is 1. The Morgan fingerprint density at radius 1 is 0.623 bits per heavy atom. The third-order valence-electron chi connectivity index (χ3n) is 15.9. The molecule has 0 bridgehead atoms. The Labute approximate surface area is 449 Å². The molecule has 4 aromatic carbocycles. The summed E-state index contributed by atoms with van der Waals surface area (Å²) in [6.07, 6.45) is 11.4. The van der Waals surface area contributed by atoms with Crippen molar-refractivity contribution >= 4 is 58.5 Å². The predicted molar refractivity (Wildman–Crippen MR) is 289 cm³/mol. The quantitative estimate of drug-likeness (QED) is 0.0249. The van der Waals surface area contributed by atoms with E-state index >= 15 is 0 Å². The van der Waals surface area contributed by atoms with Crippen LogP contribution in [0, 0.1) is 5.92 Å². The van der Waals surface area contributed by atoms with E-state index in [0.29, 0.717) is 90.9 Å². The van der Waals surface area contributed by atoms with E-state index in [1.54, 1.807) is 0 Å². The number of imide groups is 1. The van der Waals surface area contributed by atoms with E-state index in [1.165, 1.54) is 46.0 Å². The molecule has 0 spiro atoms. The van der Waals surface area contributed by atoms with Crippen molar-refractivity contribution in [1.82, 2.24) is 10.2 Å². The van der Waals surface area contributed by atoms with Gasteiger partial charge in [-0.3, -0.25) is 43.3 Å². The van der Waals surface area contributed by atoms with E-state index < -0.39 is 29.5 Å². The largest absolute Gasteiger partial charge is 0.379 e. The SMILES string of the molecule is O=C(CCCOCCOCCOCCOCCNC(=O)CCC1(c2ccc(-c3cc4c(cc3-c3ccccc3)C3CCC(=O)C3C=C4)cc2)CCC1)CCC(=O)Nc1cccc2c1C(=O)N(C1CCCC(=O)CC1=O)C2=O. The molecule has 3 atom stereocenters. The summed E-state index contributed by atoms with van der Waals surface area (Å²) in [4.78, 5) is 103. The Morgan fingerprint density at radius 3 is 2.05 bits per heavy atom. The van der Waals surface area contributed by atoms with Crippen molar-refractivity contribution in [3.8, 4) is 22.3 Å². The average Bonchev–Trinajstić information content (AvgIpc) is 3.91. The molecule has 3 fully saturated rings. The summed E-state index contributed by atoms with van der Waals surface area (Å²) in [5.41, 5.74) is 8.66. The zero-order valence-electron chi connectivity index (χ0n) is 43.8. The summed E-state index contributed by atoms with van der Waals surface area (Å²) in [6, 6.07) is 27.6. The lowest BCUT2D eigenvalue weighted by Gasteiger charge is -2.42. The molecule has 0 radical (unpaired) electrons. The highest BCUT2D eigenvalue weighted by atomic mass is 16.6. The summed E-state index contributed by atoms with van der Waals surface area (Å²) in [7, 11) is 0. The molecule has 1 heterocycles. The highest BCUT2D eigenvalue weighted by Crippen LogP contribution is 2.49. The fourth-order valence-electron chi connectivity index (χ4n) is 11.6. The van der Waals surface area contributed by atoms with Gasteiger partial charge in [0.25, 0.3) is 11.8 Å². The smallest absolute Gasteiger partial charge is 0.264 e. The van der Waals surface area contributed by atoms with Crippen molar-refractivity contribution in [2.24, 2.45) is 5.92 Å². The molecule has 3 unspecified atom stereocenters. The van der Waals surface area contributed by atoms with Gasteiger partial charge in [0.2, 0.25) is 11.8 Å². The number of nitrogens with one attached hydrogen (secondary N) is 2. The van der Waals surface area contributed by atoms with Crippen LogP contribution in [0.2, 0.25) is 0 Å². The van der Waals surface area contributed by atoms with Crippen LogP contribution in [0.4, 0.5) is 5.69 Å². The second-order valence-electron chi connectivity index (χ2n) is 20.9. The Balaban J connectivity index is 0.587. The second-order valence-corrected chi connectivity index (χ2v) is 20.9. The molecule has 0 aromatic heterocycles. The number of nitrogens with zero attached hydrogens (tertiary/aromatic N) is 1. The van der Waals surface area contributed by atoms with E-state index in [4.69, 9.17) is 18.9 Å². The normalized spacial score (nSPS) is 19.4. The van der Waals surface area contributed by atoms with Gasteiger partial charge >= 0.3 is 0 Å². The number of hydrogen-bond donors (Lipinski definition) is 2. The standard InChI is InChI=1S/C62H69N3O12/c66-45(20-24-58(71)64-53-13-5-12-49-59(53)61(73)65(60(49)72)54-14-4-10-46(67)39-56(54)69)11-6-30-74-32-34-76-36-37-77-35-33-75-31-29-63-57(70)25-28-62(26-7-27-62)44-18-15-42(16-19-44)50-38-43-17-21-48-47(22-23-55(48)68)52(43)40-51(50)41-8-2-1-3-9-41/h1-3,5,8-9,12-13,15-19,21,38,40,47-48,54H,4,6-7,10-11,14,20,22-37,39H2,(H,63,70)(H,64,71). The zero-order chi connectivity index (χ0) is 53.7.